The number of rotatable bonds is 11. The lowest BCUT2D eigenvalue weighted by atomic mass is 10.0. The maximum Gasteiger partial charge on any atom is 0.191 e. The molecular formula is C23H42IN5O2. The summed E-state index contributed by atoms with van der Waals surface area (Å²) in [6.07, 6.45) is 3.33. The Bertz CT molecular complexity index is 629. The van der Waals surface area contributed by atoms with Crippen LogP contribution in [0.3, 0.4) is 0 Å². The van der Waals surface area contributed by atoms with Crippen molar-refractivity contribution in [3.8, 4) is 11.5 Å². The van der Waals surface area contributed by atoms with Gasteiger partial charge in [-0.25, -0.2) is 0 Å². The monoisotopic (exact) mass is 547 g/mol. The Morgan fingerprint density at radius 3 is 2.23 bits per heavy atom. The fourth-order valence-electron chi connectivity index (χ4n) is 3.82. The van der Waals surface area contributed by atoms with Crippen molar-refractivity contribution in [3.05, 3.63) is 18.2 Å². The summed E-state index contributed by atoms with van der Waals surface area (Å²) in [5.74, 6) is 2.59. The van der Waals surface area contributed by atoms with Gasteiger partial charge in [-0.1, -0.05) is 13.8 Å². The summed E-state index contributed by atoms with van der Waals surface area (Å²) in [6, 6.07) is 6.51. The van der Waals surface area contributed by atoms with Crippen LogP contribution in [0.25, 0.3) is 0 Å². The number of ether oxygens (including phenoxy) is 2. The van der Waals surface area contributed by atoms with Crippen LogP contribution < -0.4 is 25.0 Å². The van der Waals surface area contributed by atoms with Crippen molar-refractivity contribution in [2.45, 2.75) is 46.1 Å². The number of halogens is 1. The van der Waals surface area contributed by atoms with Crippen molar-refractivity contribution in [2.24, 2.45) is 4.99 Å². The highest BCUT2D eigenvalue weighted by molar-refractivity contribution is 14.0. The standard InChI is InChI=1S/C23H41N5O2.HI/c1-6-12-27(8-3)15-11-25-23(24-7-2)26-19-9-13-28(14-10-19)20-16-21(29-4)18-22(17-20)30-5;/h16-19H,6-15H2,1-5H3,(H2,24,25,26);1H. The quantitative estimate of drug-likeness (QED) is 0.251. The van der Waals surface area contributed by atoms with Crippen molar-refractivity contribution in [3.63, 3.8) is 0 Å². The molecule has 0 radical (unpaired) electrons. The molecule has 0 unspecified atom stereocenters. The first kappa shape index (κ1) is 27.6. The summed E-state index contributed by atoms with van der Waals surface area (Å²) in [6.45, 7) is 13.5. The Morgan fingerprint density at radius 1 is 1.06 bits per heavy atom. The SMILES string of the molecule is CCCN(CC)CCN=C(NCC)NC1CCN(c2cc(OC)cc(OC)c2)CC1.I. The molecule has 2 N–H and O–H groups in total. The molecule has 1 heterocycles. The zero-order valence-electron chi connectivity index (χ0n) is 19.9. The second kappa shape index (κ2) is 15.4. The van der Waals surface area contributed by atoms with E-state index in [0.29, 0.717) is 6.04 Å². The van der Waals surface area contributed by atoms with Gasteiger partial charge < -0.3 is 29.9 Å². The molecule has 1 saturated heterocycles. The number of benzene rings is 1. The van der Waals surface area contributed by atoms with Gasteiger partial charge >= 0.3 is 0 Å². The Labute approximate surface area is 206 Å². The number of likely N-dealkylation sites (N-methyl/N-ethyl adjacent to an activating group) is 1. The van der Waals surface area contributed by atoms with Gasteiger partial charge in [0.25, 0.3) is 0 Å². The third-order valence-electron chi connectivity index (χ3n) is 5.55. The number of hydrogen-bond donors (Lipinski definition) is 2. The average molecular weight is 548 g/mol. The highest BCUT2D eigenvalue weighted by Crippen LogP contribution is 2.30. The average Bonchev–Trinajstić information content (AvgIpc) is 2.78. The molecule has 0 amide bonds. The zero-order chi connectivity index (χ0) is 21.8. The first-order valence-electron chi connectivity index (χ1n) is 11.4. The van der Waals surface area contributed by atoms with E-state index in [-0.39, 0.29) is 24.0 Å². The number of hydrogen-bond acceptors (Lipinski definition) is 5. The largest absolute Gasteiger partial charge is 0.497 e. The lowest BCUT2D eigenvalue weighted by molar-refractivity contribution is 0.297. The van der Waals surface area contributed by atoms with Crippen LogP contribution in [-0.2, 0) is 0 Å². The van der Waals surface area contributed by atoms with Gasteiger partial charge in [0, 0.05) is 56.1 Å². The molecule has 0 saturated carbocycles. The molecule has 0 bridgehead atoms. The van der Waals surface area contributed by atoms with E-state index in [1.165, 1.54) is 6.42 Å². The van der Waals surface area contributed by atoms with Gasteiger partial charge in [-0.15, -0.1) is 24.0 Å². The summed E-state index contributed by atoms with van der Waals surface area (Å²) in [4.78, 5) is 9.66. The number of methoxy groups -OCH3 is 2. The Kier molecular flexibility index (Phi) is 13.7. The van der Waals surface area contributed by atoms with Crippen LogP contribution in [0.2, 0.25) is 0 Å². The minimum absolute atomic E-state index is 0. The van der Waals surface area contributed by atoms with E-state index in [9.17, 15) is 0 Å². The molecule has 1 aliphatic heterocycles. The third-order valence-corrected chi connectivity index (χ3v) is 5.55. The molecule has 178 valence electrons. The van der Waals surface area contributed by atoms with Crippen molar-refractivity contribution < 1.29 is 9.47 Å². The van der Waals surface area contributed by atoms with Crippen LogP contribution >= 0.6 is 24.0 Å². The van der Waals surface area contributed by atoms with Gasteiger partial charge in [0.1, 0.15) is 11.5 Å². The first-order valence-corrected chi connectivity index (χ1v) is 11.4. The van der Waals surface area contributed by atoms with E-state index in [4.69, 9.17) is 14.5 Å². The highest BCUT2D eigenvalue weighted by atomic mass is 127. The molecule has 1 aliphatic rings. The molecule has 0 spiro atoms. The van der Waals surface area contributed by atoms with E-state index < -0.39 is 0 Å². The molecule has 0 atom stereocenters. The number of anilines is 1. The van der Waals surface area contributed by atoms with Gasteiger partial charge in [0.15, 0.2) is 5.96 Å². The lowest BCUT2D eigenvalue weighted by Gasteiger charge is -2.35. The van der Waals surface area contributed by atoms with Crippen molar-refractivity contribution in [1.29, 1.82) is 0 Å². The van der Waals surface area contributed by atoms with Crippen molar-refractivity contribution in [2.75, 3.05) is 64.9 Å². The Hall–Kier alpha value is -1.42. The number of aliphatic imine (C=N–C) groups is 1. The van der Waals surface area contributed by atoms with Crippen LogP contribution in [0.4, 0.5) is 5.69 Å². The minimum atomic E-state index is 0. The minimum Gasteiger partial charge on any atom is -0.497 e. The summed E-state index contributed by atoms with van der Waals surface area (Å²) < 4.78 is 10.8. The molecule has 0 aliphatic carbocycles. The Balaban J connectivity index is 0.00000480. The van der Waals surface area contributed by atoms with E-state index in [1.807, 2.05) is 6.07 Å². The second-order valence-electron chi connectivity index (χ2n) is 7.67. The van der Waals surface area contributed by atoms with E-state index >= 15 is 0 Å². The molecule has 8 heteroatoms. The summed E-state index contributed by atoms with van der Waals surface area (Å²) in [5.41, 5.74) is 1.15. The molecule has 1 aromatic carbocycles. The summed E-state index contributed by atoms with van der Waals surface area (Å²) >= 11 is 0. The van der Waals surface area contributed by atoms with Crippen LogP contribution in [0.1, 0.15) is 40.0 Å². The van der Waals surface area contributed by atoms with Gasteiger partial charge in [-0.3, -0.25) is 4.99 Å². The molecule has 0 aromatic heterocycles. The van der Waals surface area contributed by atoms with E-state index in [0.717, 1.165) is 81.8 Å². The maximum atomic E-state index is 5.42. The molecule has 7 nitrogen and oxygen atoms in total. The normalized spacial score (nSPS) is 14.9. The van der Waals surface area contributed by atoms with E-state index in [1.54, 1.807) is 14.2 Å². The topological polar surface area (TPSA) is 61.4 Å². The van der Waals surface area contributed by atoms with Gasteiger partial charge in [0.05, 0.1) is 20.8 Å². The number of piperidine rings is 1. The molecule has 2 rings (SSSR count). The lowest BCUT2D eigenvalue weighted by Crippen LogP contribution is -2.49. The third kappa shape index (κ3) is 9.31. The Morgan fingerprint density at radius 2 is 1.71 bits per heavy atom. The van der Waals surface area contributed by atoms with Crippen LogP contribution in [0.15, 0.2) is 23.2 Å². The number of nitrogens with zero attached hydrogens (tertiary/aromatic N) is 3. The molecule has 1 aromatic rings. The maximum absolute atomic E-state index is 5.42. The second-order valence-corrected chi connectivity index (χ2v) is 7.67. The van der Waals surface area contributed by atoms with Crippen LogP contribution in [-0.4, -0.2) is 76.9 Å². The zero-order valence-corrected chi connectivity index (χ0v) is 22.3. The smallest absolute Gasteiger partial charge is 0.191 e. The predicted molar refractivity (Wildman–Crippen MR) is 142 cm³/mol. The van der Waals surface area contributed by atoms with Gasteiger partial charge in [-0.2, -0.15) is 0 Å². The van der Waals surface area contributed by atoms with E-state index in [2.05, 4.69) is 53.3 Å². The molecular weight excluding hydrogens is 505 g/mol. The first-order chi connectivity index (χ1) is 14.6. The van der Waals surface area contributed by atoms with Crippen LogP contribution in [0.5, 0.6) is 11.5 Å². The number of guanidine groups is 1. The van der Waals surface area contributed by atoms with Gasteiger partial charge in [-0.05, 0) is 39.3 Å². The van der Waals surface area contributed by atoms with Gasteiger partial charge in [0.2, 0.25) is 0 Å². The van der Waals surface area contributed by atoms with Crippen molar-refractivity contribution >= 4 is 35.6 Å². The summed E-state index contributed by atoms with van der Waals surface area (Å²) in [5, 5.41) is 7.04. The molecule has 1 fully saturated rings. The predicted octanol–water partition coefficient (Wildman–Crippen LogP) is 3.58. The van der Waals surface area contributed by atoms with Crippen LogP contribution in [0, 0.1) is 0 Å². The summed E-state index contributed by atoms with van der Waals surface area (Å²) in [7, 11) is 3.39. The highest BCUT2D eigenvalue weighted by Gasteiger charge is 2.21. The van der Waals surface area contributed by atoms with Crippen molar-refractivity contribution in [1.82, 2.24) is 15.5 Å². The fourth-order valence-corrected chi connectivity index (χ4v) is 3.82. The molecule has 31 heavy (non-hydrogen) atoms. The fraction of sp³-hybridized carbons (Fsp3) is 0.696. The number of nitrogens with one attached hydrogen (secondary N) is 2.